The van der Waals surface area contributed by atoms with Gasteiger partial charge < -0.3 is 81.5 Å². The van der Waals surface area contributed by atoms with Crippen LogP contribution in [0.5, 0.6) is 0 Å². The highest BCUT2D eigenvalue weighted by atomic mass is 16.5. The molecular weight excluding hydrogens is 1030 g/mol. The molecule has 458 valence electrons. The number of esters is 1. The van der Waals surface area contributed by atoms with Crippen molar-refractivity contribution in [2.45, 2.75) is 237 Å². The molecule has 1 amide bonds. The zero-order chi connectivity index (χ0) is 60.4. The zero-order valence-electron chi connectivity index (χ0n) is 48.9. The van der Waals surface area contributed by atoms with Crippen molar-refractivity contribution in [2.24, 2.45) is 41.4 Å². The second-order valence-electron chi connectivity index (χ2n) is 23.3. The topological polar surface area (TPSA) is 339 Å². The van der Waals surface area contributed by atoms with Crippen LogP contribution < -0.4 is 5.32 Å². The lowest BCUT2D eigenvalue weighted by molar-refractivity contribution is -0.149. The normalized spacial score (nSPS) is 36.9. The molecule has 0 saturated carbocycles. The van der Waals surface area contributed by atoms with E-state index in [0.717, 1.165) is 5.56 Å². The molecule has 1 aliphatic heterocycles. The Bertz CT molecular complexity index is 2050. The van der Waals surface area contributed by atoms with Gasteiger partial charge in [-0.3, -0.25) is 4.79 Å². The molecule has 0 radical (unpaired) electrons. The largest absolute Gasteiger partial charge is 0.458 e. The summed E-state index contributed by atoms with van der Waals surface area (Å²) in [6.07, 6.45) is -4.49. The molecule has 0 aliphatic carbocycles. The maximum Gasteiger partial charge on any atom is 0.333 e. The number of ether oxygens (including phenoxy) is 1. The third-order valence-corrected chi connectivity index (χ3v) is 16.2. The van der Waals surface area contributed by atoms with E-state index in [4.69, 9.17) is 4.74 Å². The monoisotopic (exact) mass is 1130 g/mol. The second-order valence-corrected chi connectivity index (χ2v) is 23.3. The van der Waals surface area contributed by atoms with E-state index in [-0.39, 0.29) is 74.7 Å². The fourth-order valence-corrected chi connectivity index (χ4v) is 9.92. The van der Waals surface area contributed by atoms with Gasteiger partial charge in [-0.25, -0.2) is 4.79 Å². The molecule has 1 aromatic carbocycles. The van der Waals surface area contributed by atoms with Gasteiger partial charge in [0.1, 0.15) is 6.10 Å². The van der Waals surface area contributed by atoms with E-state index in [1.807, 2.05) is 56.3 Å². The van der Waals surface area contributed by atoms with E-state index in [1.165, 1.54) is 26.0 Å². The van der Waals surface area contributed by atoms with Crippen LogP contribution in [0.1, 0.15) is 145 Å². The first-order chi connectivity index (χ1) is 37.5. The summed E-state index contributed by atoms with van der Waals surface area (Å²) in [6.45, 7) is 15.4. The van der Waals surface area contributed by atoms with Crippen LogP contribution in [-0.4, -0.2) is 175 Å². The average molecular weight is 1130 g/mol. The fraction of sp³-hybridized carbons (Fsp3) is 0.710. The lowest BCUT2D eigenvalue weighted by Gasteiger charge is -2.33. The number of benzene rings is 1. The van der Waals surface area contributed by atoms with Gasteiger partial charge in [0, 0.05) is 73.3 Å². The van der Waals surface area contributed by atoms with Crippen LogP contribution in [0.25, 0.3) is 0 Å². The third-order valence-electron chi connectivity index (χ3n) is 16.2. The Morgan fingerprint density at radius 1 is 0.637 bits per heavy atom. The van der Waals surface area contributed by atoms with E-state index in [1.54, 1.807) is 58.9 Å². The Hall–Kier alpha value is -3.70. The van der Waals surface area contributed by atoms with Crippen molar-refractivity contribution in [3.63, 3.8) is 0 Å². The highest BCUT2D eigenvalue weighted by molar-refractivity contribution is 5.87. The van der Waals surface area contributed by atoms with E-state index in [9.17, 15) is 81.1 Å². The number of cyclic esters (lactones) is 1. The van der Waals surface area contributed by atoms with Crippen molar-refractivity contribution in [3.8, 4) is 0 Å². The summed E-state index contributed by atoms with van der Waals surface area (Å²) in [6, 6.07) is 9.36. The highest BCUT2D eigenvalue weighted by Gasteiger charge is 2.34. The van der Waals surface area contributed by atoms with Gasteiger partial charge in [-0.2, -0.15) is 0 Å². The Balaban J connectivity index is 2.32. The maximum absolute atomic E-state index is 13.6. The first kappa shape index (κ1) is 72.4. The van der Waals surface area contributed by atoms with Crippen LogP contribution in [0.3, 0.4) is 0 Å². The molecule has 0 spiro atoms. The molecule has 0 bridgehead atoms. The summed E-state index contributed by atoms with van der Waals surface area (Å²) in [4.78, 5) is 26.3. The number of carbonyl (C=O) groups excluding carboxylic acids is 2. The standard InChI is InChI=1S/C62H103NO17/c1-36-17-13-14-23-51(69)42(7)60(77)37(2)18-15-19-39(4)62(79)80-57(41(6)52(70)27-28-58(75)63-35-45-20-11-10-12-21-45)24-16-22-46(64)30-47(65)32-53(71)43(8)61(78)44(9)54(72)33-48(66)31-49(67)34-56(74)55(73)29-40(5)59(76)38(3)25-26-50(36)68/h10-13,16-17,19-22,25-26,29,36-38,41-44,46-57,59-61,64-74,76-78H,14-15,18,23-24,27-28,30-35H2,1-9H3,(H,63,75). The van der Waals surface area contributed by atoms with Gasteiger partial charge in [0.2, 0.25) is 5.91 Å². The van der Waals surface area contributed by atoms with Crippen molar-refractivity contribution < 1.29 is 85.8 Å². The molecule has 22 atom stereocenters. The second kappa shape index (κ2) is 37.5. The van der Waals surface area contributed by atoms with E-state index in [0.29, 0.717) is 37.8 Å². The first-order valence-corrected chi connectivity index (χ1v) is 28.9. The number of hydrogen-bond donors (Lipinski definition) is 15. The minimum atomic E-state index is -1.49. The molecule has 0 aromatic heterocycles. The molecule has 22 unspecified atom stereocenters. The van der Waals surface area contributed by atoms with E-state index >= 15 is 0 Å². The molecule has 2 rings (SSSR count). The van der Waals surface area contributed by atoms with Crippen LogP contribution in [0.2, 0.25) is 0 Å². The Labute approximate surface area is 476 Å². The smallest absolute Gasteiger partial charge is 0.333 e. The van der Waals surface area contributed by atoms with E-state index in [2.05, 4.69) is 5.32 Å². The SMILES string of the molecule is CC1=CCCC(C)C(O)C(C)C(O)CCC=CC(C)C(O)C=CC(C)C(O)C(C)=CC(O)C(O)CC(O)CC(O)CC(O)C(C)C(O)C(C)C(O)CC(O)CC(O)C=CCC(C(C)C(O)CCC(=O)NCc2ccccc2)OC1=O. The number of amides is 1. The van der Waals surface area contributed by atoms with Crippen molar-refractivity contribution in [1.29, 1.82) is 0 Å². The first-order valence-electron chi connectivity index (χ1n) is 28.9. The van der Waals surface area contributed by atoms with Crippen LogP contribution in [-0.2, 0) is 20.9 Å². The van der Waals surface area contributed by atoms with Crippen molar-refractivity contribution in [3.05, 3.63) is 95.6 Å². The van der Waals surface area contributed by atoms with Gasteiger partial charge >= 0.3 is 5.97 Å². The number of aliphatic hydroxyl groups excluding tert-OH is 14. The molecule has 1 aliphatic rings. The van der Waals surface area contributed by atoms with Gasteiger partial charge in [-0.05, 0) is 82.3 Å². The summed E-state index contributed by atoms with van der Waals surface area (Å²) in [7, 11) is 0. The molecular formula is C62H103NO17. The van der Waals surface area contributed by atoms with Crippen LogP contribution in [0.15, 0.2) is 90.1 Å². The van der Waals surface area contributed by atoms with Gasteiger partial charge in [0.05, 0.1) is 85.5 Å². The summed E-state index contributed by atoms with van der Waals surface area (Å²) in [5, 5.41) is 156. The summed E-state index contributed by atoms with van der Waals surface area (Å²) < 4.78 is 5.97. The lowest BCUT2D eigenvalue weighted by atomic mass is 9.82. The van der Waals surface area contributed by atoms with Crippen LogP contribution in [0, 0.1) is 41.4 Å². The zero-order valence-corrected chi connectivity index (χ0v) is 48.9. The minimum Gasteiger partial charge on any atom is -0.458 e. The number of rotatable bonds is 7. The number of nitrogens with one attached hydrogen (secondary N) is 1. The third kappa shape index (κ3) is 26.7. The van der Waals surface area contributed by atoms with Gasteiger partial charge in [0.25, 0.3) is 0 Å². The Morgan fingerprint density at radius 2 is 1.21 bits per heavy atom. The lowest BCUT2D eigenvalue weighted by Crippen LogP contribution is -2.41. The predicted molar refractivity (Wildman–Crippen MR) is 307 cm³/mol. The molecule has 1 aromatic rings. The maximum atomic E-state index is 13.6. The number of allylic oxidation sites excluding steroid dienone is 2. The number of aliphatic hydroxyl groups is 14. The highest BCUT2D eigenvalue weighted by Crippen LogP contribution is 2.28. The van der Waals surface area contributed by atoms with Crippen molar-refractivity contribution >= 4 is 11.9 Å². The van der Waals surface area contributed by atoms with Gasteiger partial charge in [-0.1, -0.05) is 127 Å². The molecule has 80 heavy (non-hydrogen) atoms. The predicted octanol–water partition coefficient (Wildman–Crippen LogP) is 3.98. The Morgan fingerprint density at radius 3 is 1.82 bits per heavy atom. The van der Waals surface area contributed by atoms with Crippen molar-refractivity contribution in [2.75, 3.05) is 0 Å². The molecule has 1 heterocycles. The van der Waals surface area contributed by atoms with Gasteiger partial charge in [0.15, 0.2) is 0 Å². The minimum absolute atomic E-state index is 0.00327. The summed E-state index contributed by atoms with van der Waals surface area (Å²) in [5.74, 6) is -4.96. The van der Waals surface area contributed by atoms with Crippen molar-refractivity contribution in [1.82, 2.24) is 5.32 Å². The number of hydrogen-bond acceptors (Lipinski definition) is 17. The molecule has 0 fully saturated rings. The Kier molecular flexibility index (Phi) is 33.9. The van der Waals surface area contributed by atoms with E-state index < -0.39 is 127 Å². The average Bonchev–Trinajstić information content (AvgIpc) is 3.41. The quantitative estimate of drug-likeness (QED) is 0.136. The summed E-state index contributed by atoms with van der Waals surface area (Å²) >= 11 is 0. The van der Waals surface area contributed by atoms with Crippen LogP contribution >= 0.6 is 0 Å². The molecule has 18 nitrogen and oxygen atoms in total. The fourth-order valence-electron chi connectivity index (χ4n) is 9.92. The molecule has 0 saturated heterocycles. The molecule has 18 heteroatoms. The summed E-state index contributed by atoms with van der Waals surface area (Å²) in [5.41, 5.74) is 1.53. The molecule has 15 N–H and O–H groups in total. The number of carbonyl (C=O) groups is 2. The van der Waals surface area contributed by atoms with Gasteiger partial charge in [-0.15, -0.1) is 0 Å². The van der Waals surface area contributed by atoms with Crippen LogP contribution in [0.4, 0.5) is 0 Å².